The lowest BCUT2D eigenvalue weighted by atomic mass is 10.1. The summed E-state index contributed by atoms with van der Waals surface area (Å²) < 4.78 is 24.9. The Labute approximate surface area is 256 Å². The van der Waals surface area contributed by atoms with E-state index in [0.29, 0.717) is 12.8 Å². The topological polar surface area (TPSA) is 123 Å². The Hall–Kier alpha value is -2.78. The molecule has 0 unspecified atom stereocenters. The Bertz CT molecular complexity index is 1200. The summed E-state index contributed by atoms with van der Waals surface area (Å²) in [5.74, 6) is -1.07. The van der Waals surface area contributed by atoms with E-state index in [0.717, 1.165) is 16.3 Å². The molecule has 43 heavy (non-hydrogen) atoms. The molecule has 2 rings (SSSR count). The zero-order valence-corrected chi connectivity index (χ0v) is 27.7. The molecular formula is C32H50N3O7P. The molecule has 2 N–H and O–H groups in total. The maximum absolute atomic E-state index is 14.4. The molecule has 0 aliphatic rings. The van der Waals surface area contributed by atoms with Crippen molar-refractivity contribution in [1.29, 1.82) is 0 Å². The zero-order chi connectivity index (χ0) is 32.0. The Balaban J connectivity index is 2.12. The van der Waals surface area contributed by atoms with Crippen LogP contribution in [0.5, 0.6) is 0 Å². The van der Waals surface area contributed by atoms with Crippen LogP contribution in [-0.2, 0) is 39.9 Å². The van der Waals surface area contributed by atoms with Crippen molar-refractivity contribution >= 4 is 36.1 Å². The number of hydroxylamine groups is 2. The molecule has 0 saturated heterocycles. The van der Waals surface area contributed by atoms with Crippen LogP contribution in [0, 0.1) is 11.8 Å². The van der Waals surface area contributed by atoms with E-state index in [1.165, 1.54) is 5.06 Å². The summed E-state index contributed by atoms with van der Waals surface area (Å²) in [5.41, 5.74) is 0.932. The molecule has 0 radical (unpaired) electrons. The SMILES string of the molecule is CCOC(=O)[C@H](CC(C)C)NP(=O)(CCCC(=O)N(C)OCc1ccc2ccccc2c1)N[C@@H](CC(C)C)C(=O)OCC. The monoisotopic (exact) mass is 619 g/mol. The van der Waals surface area contributed by atoms with Crippen molar-refractivity contribution in [3.8, 4) is 0 Å². The minimum atomic E-state index is -3.59. The first-order valence-electron chi connectivity index (χ1n) is 15.2. The third-order valence-corrected chi connectivity index (χ3v) is 9.14. The molecule has 0 aliphatic carbocycles. The number of nitrogens with one attached hydrogen (secondary N) is 2. The van der Waals surface area contributed by atoms with Crippen molar-refractivity contribution in [1.82, 2.24) is 15.2 Å². The molecule has 0 aliphatic heterocycles. The van der Waals surface area contributed by atoms with Gasteiger partial charge in [-0.3, -0.25) is 23.8 Å². The molecule has 1 amide bonds. The summed E-state index contributed by atoms with van der Waals surface area (Å²) >= 11 is 0. The summed E-state index contributed by atoms with van der Waals surface area (Å²) in [5, 5.41) is 9.44. The zero-order valence-electron chi connectivity index (χ0n) is 26.8. The number of carbonyl (C=O) groups is 3. The van der Waals surface area contributed by atoms with Gasteiger partial charge in [0.15, 0.2) is 0 Å². The first-order chi connectivity index (χ1) is 20.4. The number of rotatable bonds is 19. The predicted molar refractivity (Wildman–Crippen MR) is 169 cm³/mol. The Morgan fingerprint density at radius 1 is 0.837 bits per heavy atom. The Morgan fingerprint density at radius 3 is 1.88 bits per heavy atom. The summed E-state index contributed by atoms with van der Waals surface area (Å²) in [6.45, 7) is 11.9. The minimum Gasteiger partial charge on any atom is -0.465 e. The summed E-state index contributed by atoms with van der Waals surface area (Å²) in [6, 6.07) is 12.3. The van der Waals surface area contributed by atoms with E-state index in [-0.39, 0.29) is 56.6 Å². The second-order valence-electron chi connectivity index (χ2n) is 11.5. The van der Waals surface area contributed by atoms with Gasteiger partial charge in [-0.25, -0.2) is 15.2 Å². The highest BCUT2D eigenvalue weighted by Crippen LogP contribution is 2.40. The quantitative estimate of drug-likeness (QED) is 0.113. The maximum Gasteiger partial charge on any atom is 0.323 e. The van der Waals surface area contributed by atoms with Crippen LogP contribution >= 0.6 is 7.44 Å². The summed E-state index contributed by atoms with van der Waals surface area (Å²) in [7, 11) is -2.03. The molecule has 0 fully saturated rings. The molecule has 0 spiro atoms. The highest BCUT2D eigenvalue weighted by atomic mass is 31.2. The second-order valence-corrected chi connectivity index (χ2v) is 14.0. The number of amides is 1. The van der Waals surface area contributed by atoms with Crippen LogP contribution in [0.3, 0.4) is 0 Å². The van der Waals surface area contributed by atoms with E-state index < -0.39 is 31.5 Å². The number of carbonyl (C=O) groups excluding carboxylic acids is 3. The lowest BCUT2D eigenvalue weighted by molar-refractivity contribution is -0.182. The molecule has 2 aromatic rings. The third kappa shape index (κ3) is 12.8. The molecule has 0 heterocycles. The van der Waals surface area contributed by atoms with Crippen molar-refractivity contribution in [3.63, 3.8) is 0 Å². The molecule has 2 atom stereocenters. The number of nitrogens with zero attached hydrogens (tertiary/aromatic N) is 1. The first-order valence-corrected chi connectivity index (χ1v) is 17.1. The molecular weight excluding hydrogens is 569 g/mol. The Kier molecular flexibility index (Phi) is 15.3. The van der Waals surface area contributed by atoms with Gasteiger partial charge in [-0.15, -0.1) is 0 Å². The lowest BCUT2D eigenvalue weighted by Gasteiger charge is -2.30. The van der Waals surface area contributed by atoms with E-state index in [9.17, 15) is 18.9 Å². The van der Waals surface area contributed by atoms with Gasteiger partial charge in [-0.1, -0.05) is 64.1 Å². The van der Waals surface area contributed by atoms with E-state index in [1.807, 2.05) is 70.2 Å². The number of hydrogen-bond acceptors (Lipinski definition) is 7. The average Bonchev–Trinajstić information content (AvgIpc) is 2.94. The maximum atomic E-state index is 14.4. The van der Waals surface area contributed by atoms with Gasteiger partial charge in [-0.2, -0.15) is 0 Å². The van der Waals surface area contributed by atoms with Gasteiger partial charge >= 0.3 is 11.9 Å². The van der Waals surface area contributed by atoms with E-state index >= 15 is 0 Å². The number of esters is 2. The van der Waals surface area contributed by atoms with Gasteiger partial charge in [-0.05, 0) is 67.3 Å². The number of benzene rings is 2. The van der Waals surface area contributed by atoms with Gasteiger partial charge in [0, 0.05) is 19.6 Å². The number of hydrogen-bond donors (Lipinski definition) is 2. The van der Waals surface area contributed by atoms with Crippen LogP contribution in [0.1, 0.15) is 72.8 Å². The predicted octanol–water partition coefficient (Wildman–Crippen LogP) is 5.84. The molecule has 0 saturated carbocycles. The number of fused-ring (bicyclic) bond motifs is 1. The second kappa shape index (κ2) is 18.1. The molecule has 10 nitrogen and oxygen atoms in total. The number of ether oxygens (including phenoxy) is 2. The molecule has 240 valence electrons. The fourth-order valence-corrected chi connectivity index (χ4v) is 7.05. The average molecular weight is 620 g/mol. The van der Waals surface area contributed by atoms with E-state index in [2.05, 4.69) is 10.2 Å². The largest absolute Gasteiger partial charge is 0.465 e. The highest BCUT2D eigenvalue weighted by Gasteiger charge is 2.35. The van der Waals surface area contributed by atoms with E-state index in [4.69, 9.17) is 14.3 Å². The summed E-state index contributed by atoms with van der Waals surface area (Å²) in [4.78, 5) is 44.2. The van der Waals surface area contributed by atoms with Crippen LogP contribution in [0.15, 0.2) is 42.5 Å². The van der Waals surface area contributed by atoms with Crippen molar-refractivity contribution in [2.24, 2.45) is 11.8 Å². The van der Waals surface area contributed by atoms with Crippen LogP contribution < -0.4 is 10.2 Å². The van der Waals surface area contributed by atoms with Crippen molar-refractivity contribution in [3.05, 3.63) is 48.0 Å². The van der Waals surface area contributed by atoms with E-state index in [1.54, 1.807) is 20.9 Å². The fourth-order valence-electron chi connectivity index (χ4n) is 4.68. The van der Waals surface area contributed by atoms with Gasteiger partial charge in [0.05, 0.1) is 13.2 Å². The van der Waals surface area contributed by atoms with Crippen molar-refractivity contribution < 1.29 is 33.3 Å². The smallest absolute Gasteiger partial charge is 0.323 e. The van der Waals surface area contributed by atoms with Crippen LogP contribution in [0.2, 0.25) is 0 Å². The van der Waals surface area contributed by atoms with Crippen molar-refractivity contribution in [2.75, 3.05) is 26.4 Å². The third-order valence-electron chi connectivity index (χ3n) is 6.74. The lowest BCUT2D eigenvalue weighted by Crippen LogP contribution is -2.45. The standard InChI is InChI=1S/C32H50N3O7P/c1-8-40-31(37)28(19-23(3)4)33-43(39,34-29(20-24(5)6)32(38)41-9-2)18-12-15-30(36)35(7)42-22-25-16-17-26-13-10-11-14-27(26)21-25/h10-11,13-14,16-17,21,23-24,28-29H,8-9,12,15,18-20,22H2,1-7H3,(H2,33,34,39)/t28-,29-/m0/s1. The van der Waals surface area contributed by atoms with Gasteiger partial charge in [0.2, 0.25) is 13.4 Å². The summed E-state index contributed by atoms with van der Waals surface area (Å²) in [6.07, 6.45) is 1.10. The molecule has 0 aromatic heterocycles. The fraction of sp³-hybridized carbons (Fsp3) is 0.594. The molecule has 11 heteroatoms. The van der Waals surface area contributed by atoms with Gasteiger partial charge in [0.25, 0.3) is 0 Å². The van der Waals surface area contributed by atoms with Crippen LogP contribution in [-0.4, -0.2) is 61.4 Å². The Morgan fingerprint density at radius 2 is 1.37 bits per heavy atom. The van der Waals surface area contributed by atoms with Crippen molar-refractivity contribution in [2.45, 2.75) is 85.9 Å². The highest BCUT2D eigenvalue weighted by molar-refractivity contribution is 7.59. The molecule has 0 bridgehead atoms. The first kappa shape index (κ1) is 36.4. The van der Waals surface area contributed by atoms with Crippen LogP contribution in [0.25, 0.3) is 10.8 Å². The van der Waals surface area contributed by atoms with Gasteiger partial charge < -0.3 is 9.47 Å². The van der Waals surface area contributed by atoms with Crippen LogP contribution in [0.4, 0.5) is 0 Å². The van der Waals surface area contributed by atoms with Gasteiger partial charge in [0.1, 0.15) is 18.7 Å². The molecule has 2 aromatic carbocycles. The minimum absolute atomic E-state index is 0.0270. The normalized spacial score (nSPS) is 13.2.